The Bertz CT molecular complexity index is 241. The minimum Gasteiger partial charge on any atom is -0.505 e. The summed E-state index contributed by atoms with van der Waals surface area (Å²) in [5.74, 6) is -0.871. The van der Waals surface area contributed by atoms with E-state index in [0.29, 0.717) is 0 Å². The van der Waals surface area contributed by atoms with Crippen LogP contribution in [0.1, 0.15) is 0 Å². The van der Waals surface area contributed by atoms with Crippen LogP contribution in [0.5, 0.6) is 5.75 Å². The summed E-state index contributed by atoms with van der Waals surface area (Å²) in [7, 11) is 0. The molecule has 1 heterocycles. The lowest BCUT2D eigenvalue weighted by Crippen LogP contribution is -1.86. The zero-order valence-corrected chi connectivity index (χ0v) is 7.52. The average molecular weight is 273 g/mol. The standard InChI is InChI=1S/C5H2ClFINO/c6-5-3(7)4(8)2(10)1-9-5/h1,10H. The van der Waals surface area contributed by atoms with E-state index in [1.54, 1.807) is 22.6 Å². The first-order valence-corrected chi connectivity index (χ1v) is 3.77. The molecule has 0 fully saturated rings. The minimum atomic E-state index is -0.678. The number of nitrogens with zero attached hydrogens (tertiary/aromatic N) is 1. The fourth-order valence-electron chi connectivity index (χ4n) is 0.434. The lowest BCUT2D eigenvalue weighted by atomic mass is 10.4. The van der Waals surface area contributed by atoms with Crippen molar-refractivity contribution in [2.45, 2.75) is 0 Å². The van der Waals surface area contributed by atoms with Crippen LogP contribution in [0.3, 0.4) is 0 Å². The van der Waals surface area contributed by atoms with Crippen molar-refractivity contribution in [2.24, 2.45) is 0 Å². The first kappa shape index (κ1) is 8.00. The molecule has 0 radical (unpaired) electrons. The van der Waals surface area contributed by atoms with Crippen molar-refractivity contribution in [1.29, 1.82) is 0 Å². The van der Waals surface area contributed by atoms with Gasteiger partial charge in [0.1, 0.15) is 5.75 Å². The molecule has 0 aromatic carbocycles. The fourth-order valence-corrected chi connectivity index (χ4v) is 1.13. The maximum absolute atomic E-state index is 12.6. The van der Waals surface area contributed by atoms with Crippen LogP contribution in [-0.4, -0.2) is 10.1 Å². The Labute approximate surface area is 75.2 Å². The lowest BCUT2D eigenvalue weighted by molar-refractivity contribution is 0.459. The SMILES string of the molecule is Oc1cnc(Cl)c(F)c1I. The van der Waals surface area contributed by atoms with Gasteiger partial charge in [-0.15, -0.1) is 0 Å². The Balaban J connectivity index is 3.34. The Morgan fingerprint density at radius 3 is 2.80 bits per heavy atom. The predicted octanol–water partition coefficient (Wildman–Crippen LogP) is 2.18. The van der Waals surface area contributed by atoms with Gasteiger partial charge in [-0.2, -0.15) is 0 Å². The zero-order chi connectivity index (χ0) is 7.72. The van der Waals surface area contributed by atoms with E-state index >= 15 is 0 Å². The molecule has 54 valence electrons. The van der Waals surface area contributed by atoms with Gasteiger partial charge in [0.15, 0.2) is 11.0 Å². The molecule has 5 heteroatoms. The number of aromatic nitrogens is 1. The van der Waals surface area contributed by atoms with E-state index in [2.05, 4.69) is 4.98 Å². The third-order valence-electron chi connectivity index (χ3n) is 0.899. The van der Waals surface area contributed by atoms with Gasteiger partial charge in [-0.1, -0.05) is 11.6 Å². The van der Waals surface area contributed by atoms with Crippen LogP contribution in [0.15, 0.2) is 6.20 Å². The molecule has 0 aliphatic rings. The van der Waals surface area contributed by atoms with Crippen LogP contribution in [0.25, 0.3) is 0 Å². The van der Waals surface area contributed by atoms with Crippen LogP contribution in [-0.2, 0) is 0 Å². The van der Waals surface area contributed by atoms with E-state index in [1.165, 1.54) is 0 Å². The third kappa shape index (κ3) is 1.32. The summed E-state index contributed by atoms with van der Waals surface area (Å²) in [6.45, 7) is 0. The molecular formula is C5H2ClFINO. The molecule has 2 nitrogen and oxygen atoms in total. The Morgan fingerprint density at radius 1 is 1.70 bits per heavy atom. The van der Waals surface area contributed by atoms with Gasteiger partial charge in [-0.05, 0) is 22.6 Å². The maximum Gasteiger partial charge on any atom is 0.177 e. The van der Waals surface area contributed by atoms with Gasteiger partial charge in [0.25, 0.3) is 0 Å². The highest BCUT2D eigenvalue weighted by atomic mass is 127. The molecule has 0 aliphatic carbocycles. The summed E-state index contributed by atoms with van der Waals surface area (Å²) in [6.07, 6.45) is 1.10. The first-order valence-electron chi connectivity index (χ1n) is 2.31. The molecule has 1 aromatic heterocycles. The van der Waals surface area contributed by atoms with E-state index in [1.807, 2.05) is 0 Å². The molecule has 0 unspecified atom stereocenters. The highest BCUT2D eigenvalue weighted by Crippen LogP contribution is 2.24. The van der Waals surface area contributed by atoms with Gasteiger partial charge in [0.05, 0.1) is 9.77 Å². The van der Waals surface area contributed by atoms with Crippen molar-refractivity contribution in [3.8, 4) is 5.75 Å². The van der Waals surface area contributed by atoms with E-state index in [0.717, 1.165) is 6.20 Å². The summed E-state index contributed by atoms with van der Waals surface area (Å²) >= 11 is 6.93. The molecule has 0 bridgehead atoms. The van der Waals surface area contributed by atoms with Crippen molar-refractivity contribution >= 4 is 34.2 Å². The number of pyridine rings is 1. The van der Waals surface area contributed by atoms with Crippen LogP contribution < -0.4 is 0 Å². The number of halogens is 3. The average Bonchev–Trinajstić information content (AvgIpc) is 1.93. The Hall–Kier alpha value is -0.100. The molecule has 0 saturated heterocycles. The third-order valence-corrected chi connectivity index (χ3v) is 2.19. The summed E-state index contributed by atoms with van der Waals surface area (Å²) in [6, 6.07) is 0. The van der Waals surface area contributed by atoms with Crippen molar-refractivity contribution in [3.63, 3.8) is 0 Å². The molecule has 10 heavy (non-hydrogen) atoms. The second kappa shape index (κ2) is 2.87. The van der Waals surface area contributed by atoms with Gasteiger partial charge >= 0.3 is 0 Å². The van der Waals surface area contributed by atoms with Crippen molar-refractivity contribution in [1.82, 2.24) is 4.98 Å². The maximum atomic E-state index is 12.6. The number of rotatable bonds is 0. The van der Waals surface area contributed by atoms with Gasteiger partial charge in [0.2, 0.25) is 0 Å². The molecule has 1 N–H and O–H groups in total. The lowest BCUT2D eigenvalue weighted by Gasteiger charge is -1.97. The van der Waals surface area contributed by atoms with Crippen LogP contribution >= 0.6 is 34.2 Å². The minimum absolute atomic E-state index is 0.0950. The molecule has 1 rings (SSSR count). The highest BCUT2D eigenvalue weighted by molar-refractivity contribution is 14.1. The van der Waals surface area contributed by atoms with Gasteiger partial charge in [0, 0.05) is 0 Å². The summed E-state index contributed by atoms with van der Waals surface area (Å²) in [5.41, 5.74) is 0. The van der Waals surface area contributed by atoms with Crippen molar-refractivity contribution < 1.29 is 9.50 Å². The van der Waals surface area contributed by atoms with Crippen LogP contribution in [0.4, 0.5) is 4.39 Å². The Kier molecular flexibility index (Phi) is 2.30. The van der Waals surface area contributed by atoms with E-state index in [9.17, 15) is 4.39 Å². The van der Waals surface area contributed by atoms with Gasteiger partial charge in [-0.3, -0.25) is 0 Å². The molecule has 0 amide bonds. The zero-order valence-electron chi connectivity index (χ0n) is 4.61. The topological polar surface area (TPSA) is 33.1 Å². The molecule has 1 aromatic rings. The van der Waals surface area contributed by atoms with Crippen LogP contribution in [0.2, 0.25) is 5.15 Å². The smallest absolute Gasteiger partial charge is 0.177 e. The fraction of sp³-hybridized carbons (Fsp3) is 0. The number of hydrogen-bond donors (Lipinski definition) is 1. The second-order valence-corrected chi connectivity index (χ2v) is 3.00. The first-order chi connectivity index (χ1) is 4.63. The van der Waals surface area contributed by atoms with Crippen LogP contribution in [0, 0.1) is 9.39 Å². The monoisotopic (exact) mass is 273 g/mol. The largest absolute Gasteiger partial charge is 0.505 e. The van der Waals surface area contributed by atoms with Crippen molar-refractivity contribution in [3.05, 3.63) is 20.7 Å². The molecule has 0 atom stereocenters. The van der Waals surface area contributed by atoms with Crippen molar-refractivity contribution in [2.75, 3.05) is 0 Å². The predicted molar refractivity (Wildman–Crippen MR) is 43.6 cm³/mol. The second-order valence-electron chi connectivity index (χ2n) is 1.56. The van der Waals surface area contributed by atoms with Gasteiger partial charge < -0.3 is 5.11 Å². The van der Waals surface area contributed by atoms with E-state index in [-0.39, 0.29) is 14.5 Å². The molecular weight excluding hydrogens is 271 g/mol. The molecule has 0 aliphatic heterocycles. The normalized spacial score (nSPS) is 9.90. The quantitative estimate of drug-likeness (QED) is 0.580. The number of aromatic hydroxyl groups is 1. The summed E-state index contributed by atoms with van der Waals surface area (Å²) < 4.78 is 12.7. The summed E-state index contributed by atoms with van der Waals surface area (Å²) in [5, 5.41) is 8.64. The highest BCUT2D eigenvalue weighted by Gasteiger charge is 2.08. The van der Waals surface area contributed by atoms with Gasteiger partial charge in [-0.25, -0.2) is 9.37 Å². The molecule has 0 saturated carbocycles. The number of hydrogen-bond acceptors (Lipinski definition) is 2. The van der Waals surface area contributed by atoms with E-state index < -0.39 is 5.82 Å². The molecule has 0 spiro atoms. The Morgan fingerprint density at radius 2 is 2.30 bits per heavy atom. The van der Waals surface area contributed by atoms with E-state index in [4.69, 9.17) is 16.7 Å². The summed E-state index contributed by atoms with van der Waals surface area (Å²) in [4.78, 5) is 3.37.